The van der Waals surface area contributed by atoms with Crippen molar-refractivity contribution in [3.8, 4) is 0 Å². The first-order chi connectivity index (χ1) is 9.86. The Morgan fingerprint density at radius 2 is 1.95 bits per heavy atom. The van der Waals surface area contributed by atoms with E-state index in [-0.39, 0.29) is 6.04 Å². The quantitative estimate of drug-likeness (QED) is 0.922. The highest BCUT2D eigenvalue weighted by Crippen LogP contribution is 2.22. The van der Waals surface area contributed by atoms with E-state index in [1.165, 1.54) is 4.31 Å². The van der Waals surface area contributed by atoms with Gasteiger partial charge in [-0.1, -0.05) is 0 Å². The van der Waals surface area contributed by atoms with Crippen LogP contribution in [0.3, 0.4) is 0 Å². The topological polar surface area (TPSA) is 62.3 Å². The molecule has 5 nitrogen and oxygen atoms in total. The maximum Gasteiger partial charge on any atom is 0.243 e. The minimum atomic E-state index is -3.46. The molecule has 0 saturated carbocycles. The van der Waals surface area contributed by atoms with Crippen molar-refractivity contribution in [2.75, 3.05) is 18.9 Å². The van der Waals surface area contributed by atoms with Gasteiger partial charge in [-0.3, -0.25) is 0 Å². The molecule has 0 unspecified atom stereocenters. The lowest BCUT2D eigenvalue weighted by molar-refractivity contribution is 0.410. The number of hydrogen-bond donors (Lipinski definition) is 1. The summed E-state index contributed by atoms with van der Waals surface area (Å²) in [5, 5.41) is 3.95. The number of nitrogens with one attached hydrogen (secondary N) is 1. The van der Waals surface area contributed by atoms with Crippen molar-refractivity contribution in [1.29, 1.82) is 0 Å². The fourth-order valence-corrected chi connectivity index (χ4v) is 3.39. The Balaban J connectivity index is 2.46. The summed E-state index contributed by atoms with van der Waals surface area (Å²) in [5.74, 6) is 0.792. The Labute approximate surface area is 126 Å². The van der Waals surface area contributed by atoms with Crippen LogP contribution < -0.4 is 5.32 Å². The third kappa shape index (κ3) is 3.16. The Morgan fingerprint density at radius 3 is 2.57 bits per heavy atom. The fraction of sp³-hybridized carbons (Fsp3) is 0.400. The SMILES string of the molecule is CCNc1ccc2cc(S(=O)(=O)N(C)C(C)C)ccc2n1. The van der Waals surface area contributed by atoms with Gasteiger partial charge in [0.2, 0.25) is 10.0 Å². The van der Waals surface area contributed by atoms with Crippen LogP contribution in [0, 0.1) is 0 Å². The molecule has 114 valence electrons. The molecule has 0 aliphatic rings. The predicted molar refractivity (Wildman–Crippen MR) is 86.0 cm³/mol. The van der Waals surface area contributed by atoms with Gasteiger partial charge in [-0.05, 0) is 51.1 Å². The fourth-order valence-electron chi connectivity index (χ4n) is 1.99. The average molecular weight is 307 g/mol. The van der Waals surface area contributed by atoms with Gasteiger partial charge in [0.25, 0.3) is 0 Å². The molecule has 0 bridgehead atoms. The van der Waals surface area contributed by atoms with E-state index in [4.69, 9.17) is 0 Å². The Morgan fingerprint density at radius 1 is 1.24 bits per heavy atom. The molecule has 0 amide bonds. The number of fused-ring (bicyclic) bond motifs is 1. The van der Waals surface area contributed by atoms with E-state index >= 15 is 0 Å². The smallest absolute Gasteiger partial charge is 0.243 e. The summed E-state index contributed by atoms with van der Waals surface area (Å²) >= 11 is 0. The van der Waals surface area contributed by atoms with E-state index in [1.54, 1.807) is 25.2 Å². The molecule has 1 aromatic heterocycles. The van der Waals surface area contributed by atoms with Crippen molar-refractivity contribution in [2.45, 2.75) is 31.7 Å². The van der Waals surface area contributed by atoms with Gasteiger partial charge in [0.1, 0.15) is 5.82 Å². The van der Waals surface area contributed by atoms with Gasteiger partial charge in [-0.15, -0.1) is 0 Å². The second kappa shape index (κ2) is 5.99. The number of sulfonamides is 1. The van der Waals surface area contributed by atoms with Gasteiger partial charge in [0, 0.05) is 25.0 Å². The van der Waals surface area contributed by atoms with Crippen LogP contribution in [-0.2, 0) is 10.0 Å². The van der Waals surface area contributed by atoms with Crippen molar-refractivity contribution < 1.29 is 8.42 Å². The van der Waals surface area contributed by atoms with Crippen molar-refractivity contribution in [3.05, 3.63) is 30.3 Å². The molecule has 1 N–H and O–H groups in total. The number of nitrogens with zero attached hydrogens (tertiary/aromatic N) is 2. The summed E-state index contributed by atoms with van der Waals surface area (Å²) in [4.78, 5) is 4.74. The molecule has 1 heterocycles. The van der Waals surface area contributed by atoms with E-state index in [9.17, 15) is 8.42 Å². The number of hydrogen-bond acceptors (Lipinski definition) is 4. The summed E-state index contributed by atoms with van der Waals surface area (Å²) in [6.07, 6.45) is 0. The van der Waals surface area contributed by atoms with Crippen molar-refractivity contribution in [1.82, 2.24) is 9.29 Å². The first-order valence-corrected chi connectivity index (χ1v) is 8.43. The zero-order chi connectivity index (χ0) is 15.6. The van der Waals surface area contributed by atoms with Gasteiger partial charge >= 0.3 is 0 Å². The number of benzene rings is 1. The summed E-state index contributed by atoms with van der Waals surface area (Å²) < 4.78 is 26.3. The predicted octanol–water partition coefficient (Wildman–Crippen LogP) is 2.70. The number of rotatable bonds is 5. The molecule has 0 saturated heterocycles. The summed E-state index contributed by atoms with van der Waals surface area (Å²) in [7, 11) is -1.87. The zero-order valence-corrected chi connectivity index (χ0v) is 13.6. The molecule has 0 aliphatic carbocycles. The first-order valence-electron chi connectivity index (χ1n) is 6.99. The Bertz CT molecular complexity index is 742. The number of anilines is 1. The van der Waals surface area contributed by atoms with E-state index in [0.717, 1.165) is 23.3 Å². The summed E-state index contributed by atoms with van der Waals surface area (Å²) in [6, 6.07) is 8.69. The highest BCUT2D eigenvalue weighted by atomic mass is 32.2. The minimum absolute atomic E-state index is 0.0834. The lowest BCUT2D eigenvalue weighted by Crippen LogP contribution is -2.33. The Kier molecular flexibility index (Phi) is 4.49. The molecule has 6 heteroatoms. The van der Waals surface area contributed by atoms with Gasteiger partial charge in [-0.2, -0.15) is 4.31 Å². The molecule has 0 fully saturated rings. The summed E-state index contributed by atoms with van der Waals surface area (Å²) in [6.45, 7) is 6.50. The number of aromatic nitrogens is 1. The largest absolute Gasteiger partial charge is 0.370 e. The van der Waals surface area contributed by atoms with Crippen LogP contribution in [-0.4, -0.2) is 37.3 Å². The second-order valence-electron chi connectivity index (χ2n) is 5.20. The molecular formula is C15H21N3O2S. The highest BCUT2D eigenvalue weighted by molar-refractivity contribution is 7.89. The van der Waals surface area contributed by atoms with Crippen molar-refractivity contribution in [2.24, 2.45) is 0 Å². The lowest BCUT2D eigenvalue weighted by Gasteiger charge is -2.21. The molecule has 0 atom stereocenters. The first kappa shape index (κ1) is 15.7. The molecule has 2 rings (SSSR count). The van der Waals surface area contributed by atoms with Crippen LogP contribution in [0.15, 0.2) is 35.2 Å². The van der Waals surface area contributed by atoms with E-state index in [1.807, 2.05) is 32.9 Å². The molecule has 1 aromatic carbocycles. The lowest BCUT2D eigenvalue weighted by atomic mass is 10.2. The molecule has 2 aromatic rings. The van der Waals surface area contributed by atoms with Gasteiger partial charge < -0.3 is 5.32 Å². The van der Waals surface area contributed by atoms with Gasteiger partial charge in [0.15, 0.2) is 0 Å². The maximum atomic E-state index is 12.5. The van der Waals surface area contributed by atoms with Crippen LogP contribution in [0.2, 0.25) is 0 Å². The molecule has 21 heavy (non-hydrogen) atoms. The van der Waals surface area contributed by atoms with E-state index < -0.39 is 10.0 Å². The monoisotopic (exact) mass is 307 g/mol. The standard InChI is InChI=1S/C15H21N3O2S/c1-5-16-15-9-6-12-10-13(7-8-14(12)17-15)21(19,20)18(4)11(2)3/h6-11H,5H2,1-4H3,(H,16,17). The zero-order valence-electron chi connectivity index (χ0n) is 12.8. The van der Waals surface area contributed by atoms with Crippen LogP contribution in [0.25, 0.3) is 10.9 Å². The van der Waals surface area contributed by atoms with Gasteiger partial charge in [0.05, 0.1) is 10.4 Å². The normalized spacial score (nSPS) is 12.3. The van der Waals surface area contributed by atoms with Crippen molar-refractivity contribution in [3.63, 3.8) is 0 Å². The van der Waals surface area contributed by atoms with Crippen LogP contribution in [0.1, 0.15) is 20.8 Å². The molecule has 0 radical (unpaired) electrons. The Hall–Kier alpha value is -1.66. The highest BCUT2D eigenvalue weighted by Gasteiger charge is 2.23. The molecule has 0 spiro atoms. The third-order valence-electron chi connectivity index (χ3n) is 3.42. The van der Waals surface area contributed by atoms with E-state index in [0.29, 0.717) is 4.90 Å². The second-order valence-corrected chi connectivity index (χ2v) is 7.19. The van der Waals surface area contributed by atoms with Crippen LogP contribution in [0.4, 0.5) is 5.82 Å². The van der Waals surface area contributed by atoms with E-state index in [2.05, 4.69) is 10.3 Å². The van der Waals surface area contributed by atoms with Crippen LogP contribution in [0.5, 0.6) is 0 Å². The average Bonchev–Trinajstić information content (AvgIpc) is 2.46. The molecule has 0 aliphatic heterocycles. The third-order valence-corrected chi connectivity index (χ3v) is 5.45. The van der Waals surface area contributed by atoms with Crippen LogP contribution >= 0.6 is 0 Å². The molecular weight excluding hydrogens is 286 g/mol. The minimum Gasteiger partial charge on any atom is -0.370 e. The van der Waals surface area contributed by atoms with Gasteiger partial charge in [-0.25, -0.2) is 13.4 Å². The number of pyridine rings is 1. The van der Waals surface area contributed by atoms with Crippen molar-refractivity contribution >= 4 is 26.7 Å². The maximum absolute atomic E-state index is 12.5. The summed E-state index contributed by atoms with van der Waals surface area (Å²) in [5.41, 5.74) is 0.777.